The fourth-order valence-electron chi connectivity index (χ4n) is 3.10. The van der Waals surface area contributed by atoms with Crippen molar-refractivity contribution in [3.63, 3.8) is 0 Å². The van der Waals surface area contributed by atoms with Gasteiger partial charge < -0.3 is 15.2 Å². The average Bonchev–Trinajstić information content (AvgIpc) is 2.99. The first-order chi connectivity index (χ1) is 13.8. The second-order valence-corrected chi connectivity index (χ2v) is 8.98. The Hall–Kier alpha value is -2.21. The highest BCUT2D eigenvalue weighted by atomic mass is 127. The Kier molecular flexibility index (Phi) is 8.18. The first kappa shape index (κ1) is 24.1. The molecule has 0 radical (unpaired) electrons. The van der Waals surface area contributed by atoms with Crippen molar-refractivity contribution in [3.8, 4) is 0 Å². The highest BCUT2D eigenvalue weighted by molar-refractivity contribution is 14.0. The van der Waals surface area contributed by atoms with E-state index in [2.05, 4.69) is 20.6 Å². The van der Waals surface area contributed by atoms with Gasteiger partial charge in [0.15, 0.2) is 15.8 Å². The van der Waals surface area contributed by atoms with Gasteiger partial charge in [-0.3, -0.25) is 4.99 Å². The molecule has 162 valence electrons. The van der Waals surface area contributed by atoms with Crippen molar-refractivity contribution in [2.75, 3.05) is 13.3 Å². The molecule has 7 nitrogen and oxygen atoms in total. The zero-order valence-electron chi connectivity index (χ0n) is 17.0. The average molecular weight is 545 g/mol. The van der Waals surface area contributed by atoms with Crippen LogP contribution in [0.5, 0.6) is 0 Å². The van der Waals surface area contributed by atoms with E-state index < -0.39 is 15.7 Å². The van der Waals surface area contributed by atoms with Crippen LogP contribution in [0.4, 0.5) is 4.39 Å². The smallest absolute Gasteiger partial charge is 0.191 e. The zero-order valence-corrected chi connectivity index (χ0v) is 20.2. The van der Waals surface area contributed by atoms with Crippen LogP contribution in [0.15, 0.2) is 47.5 Å². The molecule has 0 bridgehead atoms. The molecule has 1 aromatic heterocycles. The molecule has 3 aromatic rings. The van der Waals surface area contributed by atoms with Crippen molar-refractivity contribution in [3.05, 3.63) is 65.2 Å². The SMILES string of the molecule is CN=C(NCc1cc(F)ccc1CS(C)(=O)=O)NCc1nc2ccccc2n1C.I. The van der Waals surface area contributed by atoms with Gasteiger partial charge in [0.1, 0.15) is 11.6 Å². The maximum absolute atomic E-state index is 13.7. The molecular weight excluding hydrogens is 520 g/mol. The minimum atomic E-state index is -3.23. The van der Waals surface area contributed by atoms with E-state index in [0.29, 0.717) is 23.6 Å². The standard InChI is InChI=1S/C20H24FN5O2S.HI/c1-22-20(24-12-19-25-17-6-4-5-7-18(17)26(19)2)23-11-15-10-16(21)9-8-14(15)13-29(3,27)28;/h4-10H,11-13H2,1-3H3,(H2,22,23,24);1H. The molecular formula is C20H25FIN5O2S. The summed E-state index contributed by atoms with van der Waals surface area (Å²) >= 11 is 0. The Morgan fingerprint density at radius 3 is 2.50 bits per heavy atom. The normalized spacial score (nSPS) is 11.9. The molecule has 0 atom stereocenters. The number of hydrogen-bond donors (Lipinski definition) is 2. The van der Waals surface area contributed by atoms with Gasteiger partial charge in [-0.1, -0.05) is 18.2 Å². The quantitative estimate of drug-likeness (QED) is 0.283. The number of hydrogen-bond acceptors (Lipinski definition) is 4. The minimum absolute atomic E-state index is 0. The predicted molar refractivity (Wildman–Crippen MR) is 128 cm³/mol. The van der Waals surface area contributed by atoms with E-state index in [1.54, 1.807) is 7.05 Å². The lowest BCUT2D eigenvalue weighted by Crippen LogP contribution is -2.37. The number of sulfone groups is 1. The number of guanidine groups is 1. The van der Waals surface area contributed by atoms with Gasteiger partial charge in [0.25, 0.3) is 0 Å². The van der Waals surface area contributed by atoms with Crippen LogP contribution in [-0.2, 0) is 35.7 Å². The summed E-state index contributed by atoms with van der Waals surface area (Å²) in [6.07, 6.45) is 1.16. The number of nitrogens with zero attached hydrogens (tertiary/aromatic N) is 3. The largest absolute Gasteiger partial charge is 0.352 e. The molecule has 0 spiro atoms. The lowest BCUT2D eigenvalue weighted by Gasteiger charge is -2.14. The number of nitrogens with one attached hydrogen (secondary N) is 2. The van der Waals surface area contributed by atoms with E-state index in [0.717, 1.165) is 23.1 Å². The fourth-order valence-corrected chi connectivity index (χ4v) is 3.94. The Morgan fingerprint density at radius 2 is 1.83 bits per heavy atom. The molecule has 2 N–H and O–H groups in total. The number of aliphatic imine (C=N–C) groups is 1. The third-order valence-corrected chi connectivity index (χ3v) is 5.38. The topological polar surface area (TPSA) is 88.4 Å². The number of para-hydroxylation sites is 2. The highest BCUT2D eigenvalue weighted by Gasteiger charge is 2.12. The molecule has 3 rings (SSSR count). The van der Waals surface area contributed by atoms with Crippen LogP contribution in [0.2, 0.25) is 0 Å². The summed E-state index contributed by atoms with van der Waals surface area (Å²) in [6, 6.07) is 12.0. The molecule has 0 aliphatic heterocycles. The Labute approximate surface area is 192 Å². The molecule has 0 aliphatic rings. The van der Waals surface area contributed by atoms with Gasteiger partial charge in [0.2, 0.25) is 0 Å². The lowest BCUT2D eigenvalue weighted by molar-refractivity contribution is 0.599. The predicted octanol–water partition coefficient (Wildman–Crippen LogP) is 2.74. The van der Waals surface area contributed by atoms with Crippen LogP contribution < -0.4 is 10.6 Å². The number of fused-ring (bicyclic) bond motifs is 1. The number of aryl methyl sites for hydroxylation is 1. The molecule has 10 heteroatoms. The molecule has 1 heterocycles. The second-order valence-electron chi connectivity index (χ2n) is 6.84. The van der Waals surface area contributed by atoms with Crippen molar-refractivity contribution >= 4 is 50.8 Å². The molecule has 0 saturated carbocycles. The fraction of sp³-hybridized carbons (Fsp3) is 0.300. The van der Waals surface area contributed by atoms with Crippen LogP contribution in [0, 0.1) is 5.82 Å². The summed E-state index contributed by atoms with van der Waals surface area (Å²) in [7, 11) is 0.356. The molecule has 0 fully saturated rings. The van der Waals surface area contributed by atoms with Crippen molar-refractivity contribution < 1.29 is 12.8 Å². The van der Waals surface area contributed by atoms with Crippen molar-refractivity contribution in [2.45, 2.75) is 18.8 Å². The van der Waals surface area contributed by atoms with Crippen LogP contribution in [0.3, 0.4) is 0 Å². The number of imidazole rings is 1. The maximum atomic E-state index is 13.7. The molecule has 0 unspecified atom stereocenters. The third-order valence-electron chi connectivity index (χ3n) is 4.55. The lowest BCUT2D eigenvalue weighted by atomic mass is 10.1. The number of rotatable bonds is 6. The summed E-state index contributed by atoms with van der Waals surface area (Å²) in [5.41, 5.74) is 3.09. The Bertz CT molecular complexity index is 1160. The van der Waals surface area contributed by atoms with Crippen LogP contribution in [0.1, 0.15) is 17.0 Å². The van der Waals surface area contributed by atoms with E-state index in [4.69, 9.17) is 0 Å². The van der Waals surface area contributed by atoms with Crippen molar-refractivity contribution in [1.29, 1.82) is 0 Å². The van der Waals surface area contributed by atoms with E-state index in [1.165, 1.54) is 18.2 Å². The summed E-state index contributed by atoms with van der Waals surface area (Å²) in [6.45, 7) is 0.690. The minimum Gasteiger partial charge on any atom is -0.352 e. The van der Waals surface area contributed by atoms with E-state index in [1.807, 2.05) is 35.9 Å². The molecule has 2 aromatic carbocycles. The van der Waals surface area contributed by atoms with Crippen LogP contribution >= 0.6 is 24.0 Å². The van der Waals surface area contributed by atoms with Crippen molar-refractivity contribution in [1.82, 2.24) is 20.2 Å². The molecule has 0 aliphatic carbocycles. The van der Waals surface area contributed by atoms with Crippen molar-refractivity contribution in [2.24, 2.45) is 12.0 Å². The van der Waals surface area contributed by atoms with Gasteiger partial charge in [-0.05, 0) is 35.4 Å². The van der Waals surface area contributed by atoms with Gasteiger partial charge in [-0.25, -0.2) is 17.8 Å². The van der Waals surface area contributed by atoms with Crippen LogP contribution in [0.25, 0.3) is 11.0 Å². The van der Waals surface area contributed by atoms with E-state index >= 15 is 0 Å². The summed E-state index contributed by atoms with van der Waals surface area (Å²) in [5.74, 6) is 0.793. The van der Waals surface area contributed by atoms with Gasteiger partial charge >= 0.3 is 0 Å². The van der Waals surface area contributed by atoms with Crippen LogP contribution in [-0.4, -0.2) is 37.2 Å². The number of halogens is 2. The van der Waals surface area contributed by atoms with E-state index in [-0.39, 0.29) is 36.3 Å². The number of benzene rings is 2. The number of aromatic nitrogens is 2. The van der Waals surface area contributed by atoms with Gasteiger partial charge in [-0.15, -0.1) is 24.0 Å². The summed E-state index contributed by atoms with van der Waals surface area (Å²) in [4.78, 5) is 8.78. The molecule has 30 heavy (non-hydrogen) atoms. The summed E-state index contributed by atoms with van der Waals surface area (Å²) in [5, 5.41) is 6.29. The second kappa shape index (κ2) is 10.2. The van der Waals surface area contributed by atoms with Gasteiger partial charge in [0, 0.05) is 26.9 Å². The zero-order chi connectivity index (χ0) is 21.0. The Balaban J connectivity index is 0.00000320. The maximum Gasteiger partial charge on any atom is 0.191 e. The first-order valence-corrected chi connectivity index (χ1v) is 11.1. The third kappa shape index (κ3) is 6.14. The van der Waals surface area contributed by atoms with Gasteiger partial charge in [0.05, 0.1) is 23.3 Å². The monoisotopic (exact) mass is 545 g/mol. The van der Waals surface area contributed by atoms with Gasteiger partial charge in [-0.2, -0.15) is 0 Å². The highest BCUT2D eigenvalue weighted by Crippen LogP contribution is 2.15. The molecule has 0 amide bonds. The Morgan fingerprint density at radius 1 is 1.13 bits per heavy atom. The summed E-state index contributed by atoms with van der Waals surface area (Å²) < 4.78 is 38.9. The first-order valence-electron chi connectivity index (χ1n) is 9.06. The molecule has 0 saturated heterocycles. The van der Waals surface area contributed by atoms with E-state index in [9.17, 15) is 12.8 Å².